The molecule has 26 heavy (non-hydrogen) atoms. The number of nitrogens with one attached hydrogen (secondary N) is 2. The van der Waals surface area contributed by atoms with Crippen LogP contribution in [0.1, 0.15) is 42.9 Å². The standard InChI is InChI=1S/C21H23N3OS/c25-20-9-4-14-24(20)17-12-10-16(11-13-17)22-21(26)23-19-8-3-6-15-5-1-2-7-18(15)19/h1-2,5,7,10-13,19H,3-4,6,8-9,14H2,(H2,22,23,26)/t19-/m0/s1. The number of carbonyl (C=O) groups excluding carboxylic acids is 1. The summed E-state index contributed by atoms with van der Waals surface area (Å²) in [5, 5.41) is 7.36. The van der Waals surface area contributed by atoms with Crippen molar-refractivity contribution in [1.29, 1.82) is 0 Å². The van der Waals surface area contributed by atoms with Gasteiger partial charge in [-0.25, -0.2) is 0 Å². The van der Waals surface area contributed by atoms with E-state index in [0.29, 0.717) is 11.5 Å². The molecule has 134 valence electrons. The molecule has 1 heterocycles. The molecule has 2 aliphatic rings. The van der Waals surface area contributed by atoms with Gasteiger partial charge in [0.2, 0.25) is 5.91 Å². The Morgan fingerprint density at radius 1 is 1.04 bits per heavy atom. The molecular formula is C21H23N3OS. The van der Waals surface area contributed by atoms with Gasteiger partial charge in [0.25, 0.3) is 0 Å². The molecule has 0 bridgehead atoms. The number of thiocarbonyl (C=S) groups is 1. The minimum Gasteiger partial charge on any atom is -0.356 e. The molecule has 2 aromatic rings. The summed E-state index contributed by atoms with van der Waals surface area (Å²) in [5.41, 5.74) is 4.66. The van der Waals surface area contributed by atoms with Gasteiger partial charge in [-0.1, -0.05) is 24.3 Å². The molecule has 5 heteroatoms. The van der Waals surface area contributed by atoms with Crippen LogP contribution in [0.3, 0.4) is 0 Å². The fraction of sp³-hybridized carbons (Fsp3) is 0.333. The fourth-order valence-corrected chi connectivity index (χ4v) is 4.14. The monoisotopic (exact) mass is 365 g/mol. The van der Waals surface area contributed by atoms with E-state index in [0.717, 1.165) is 37.2 Å². The van der Waals surface area contributed by atoms with Gasteiger partial charge in [-0.05, 0) is 73.3 Å². The molecular weight excluding hydrogens is 342 g/mol. The van der Waals surface area contributed by atoms with Crippen molar-refractivity contribution in [3.05, 3.63) is 59.7 Å². The molecule has 1 amide bonds. The van der Waals surface area contributed by atoms with E-state index in [1.165, 1.54) is 17.5 Å². The molecule has 0 saturated carbocycles. The van der Waals surface area contributed by atoms with Crippen molar-refractivity contribution in [3.8, 4) is 0 Å². The second-order valence-corrected chi connectivity index (χ2v) is 7.35. The number of carbonyl (C=O) groups is 1. The molecule has 1 saturated heterocycles. The lowest BCUT2D eigenvalue weighted by molar-refractivity contribution is -0.117. The van der Waals surface area contributed by atoms with Crippen LogP contribution in [0.2, 0.25) is 0 Å². The molecule has 0 unspecified atom stereocenters. The molecule has 4 rings (SSSR count). The molecule has 0 spiro atoms. The highest BCUT2D eigenvalue weighted by molar-refractivity contribution is 7.80. The van der Waals surface area contributed by atoms with E-state index < -0.39 is 0 Å². The van der Waals surface area contributed by atoms with Gasteiger partial charge in [-0.15, -0.1) is 0 Å². The highest BCUT2D eigenvalue weighted by atomic mass is 32.1. The van der Waals surface area contributed by atoms with E-state index in [2.05, 4.69) is 34.9 Å². The first-order valence-corrected chi connectivity index (χ1v) is 9.67. The Bertz CT molecular complexity index is 818. The van der Waals surface area contributed by atoms with Crippen LogP contribution in [-0.4, -0.2) is 17.6 Å². The minimum atomic E-state index is 0.207. The van der Waals surface area contributed by atoms with Crippen LogP contribution in [0.4, 0.5) is 11.4 Å². The summed E-state index contributed by atoms with van der Waals surface area (Å²) in [6, 6.07) is 16.8. The number of nitrogens with zero attached hydrogens (tertiary/aromatic N) is 1. The van der Waals surface area contributed by atoms with E-state index >= 15 is 0 Å². The van der Waals surface area contributed by atoms with Crippen LogP contribution >= 0.6 is 12.2 Å². The van der Waals surface area contributed by atoms with Crippen molar-refractivity contribution < 1.29 is 4.79 Å². The van der Waals surface area contributed by atoms with E-state index in [-0.39, 0.29) is 11.9 Å². The Morgan fingerprint density at radius 3 is 2.62 bits per heavy atom. The number of rotatable bonds is 3. The summed E-state index contributed by atoms with van der Waals surface area (Å²) in [6.07, 6.45) is 5.00. The SMILES string of the molecule is O=C1CCCN1c1ccc(NC(=S)N[C@H]2CCCc3ccccc32)cc1. The quantitative estimate of drug-likeness (QED) is 0.801. The average Bonchev–Trinajstić information content (AvgIpc) is 3.09. The van der Waals surface area contributed by atoms with Crippen molar-refractivity contribution in [2.45, 2.75) is 38.1 Å². The average molecular weight is 366 g/mol. The third-order valence-electron chi connectivity index (χ3n) is 5.19. The van der Waals surface area contributed by atoms with Gasteiger partial charge in [0.05, 0.1) is 6.04 Å². The van der Waals surface area contributed by atoms with Crippen LogP contribution < -0.4 is 15.5 Å². The second kappa shape index (κ2) is 7.46. The predicted molar refractivity (Wildman–Crippen MR) is 110 cm³/mol. The Morgan fingerprint density at radius 2 is 1.85 bits per heavy atom. The number of anilines is 2. The summed E-state index contributed by atoms with van der Waals surface area (Å²) in [4.78, 5) is 13.7. The Labute approximate surface area is 159 Å². The topological polar surface area (TPSA) is 44.4 Å². The number of amides is 1. The molecule has 1 fully saturated rings. The predicted octanol–water partition coefficient (Wildman–Crippen LogP) is 4.18. The number of fused-ring (bicyclic) bond motifs is 1. The Kier molecular flexibility index (Phi) is 4.89. The highest BCUT2D eigenvalue weighted by Gasteiger charge is 2.22. The normalized spacial score (nSPS) is 19.2. The highest BCUT2D eigenvalue weighted by Crippen LogP contribution is 2.29. The first kappa shape index (κ1) is 17.0. The maximum Gasteiger partial charge on any atom is 0.227 e. The number of benzene rings is 2. The summed E-state index contributed by atoms with van der Waals surface area (Å²) in [7, 11) is 0. The van der Waals surface area contributed by atoms with Gasteiger partial charge in [-0.3, -0.25) is 4.79 Å². The smallest absolute Gasteiger partial charge is 0.227 e. The zero-order valence-electron chi connectivity index (χ0n) is 14.7. The van der Waals surface area contributed by atoms with Crippen molar-refractivity contribution >= 4 is 34.6 Å². The summed E-state index contributed by atoms with van der Waals surface area (Å²) in [6.45, 7) is 0.812. The molecule has 0 radical (unpaired) electrons. The third-order valence-corrected chi connectivity index (χ3v) is 5.40. The van der Waals surface area contributed by atoms with Gasteiger partial charge in [0.1, 0.15) is 0 Å². The van der Waals surface area contributed by atoms with Crippen LogP contribution in [0.5, 0.6) is 0 Å². The Balaban J connectivity index is 1.39. The lowest BCUT2D eigenvalue weighted by Gasteiger charge is -2.27. The van der Waals surface area contributed by atoms with Gasteiger partial charge >= 0.3 is 0 Å². The molecule has 2 N–H and O–H groups in total. The summed E-state index contributed by atoms with van der Waals surface area (Å²) >= 11 is 5.52. The first-order chi connectivity index (χ1) is 12.7. The van der Waals surface area contributed by atoms with E-state index in [4.69, 9.17) is 12.2 Å². The fourth-order valence-electron chi connectivity index (χ4n) is 3.88. The largest absolute Gasteiger partial charge is 0.356 e. The molecule has 1 atom stereocenters. The third kappa shape index (κ3) is 3.58. The van der Waals surface area contributed by atoms with Crippen LogP contribution in [0, 0.1) is 0 Å². The van der Waals surface area contributed by atoms with E-state index in [9.17, 15) is 4.79 Å². The number of hydrogen-bond donors (Lipinski definition) is 2. The van der Waals surface area contributed by atoms with Crippen molar-refractivity contribution in [2.75, 3.05) is 16.8 Å². The number of aryl methyl sites for hydroxylation is 1. The van der Waals surface area contributed by atoms with E-state index in [1.807, 2.05) is 29.2 Å². The van der Waals surface area contributed by atoms with Gasteiger partial charge < -0.3 is 15.5 Å². The zero-order valence-corrected chi connectivity index (χ0v) is 15.5. The number of hydrogen-bond acceptors (Lipinski definition) is 2. The first-order valence-electron chi connectivity index (χ1n) is 9.26. The van der Waals surface area contributed by atoms with Gasteiger partial charge in [0.15, 0.2) is 5.11 Å². The van der Waals surface area contributed by atoms with Crippen molar-refractivity contribution in [3.63, 3.8) is 0 Å². The molecule has 0 aromatic heterocycles. The van der Waals surface area contributed by atoms with Gasteiger partial charge in [-0.2, -0.15) is 0 Å². The second-order valence-electron chi connectivity index (χ2n) is 6.94. The maximum atomic E-state index is 11.8. The van der Waals surface area contributed by atoms with Crippen LogP contribution in [0.15, 0.2) is 48.5 Å². The lowest BCUT2D eigenvalue weighted by Crippen LogP contribution is -2.34. The van der Waals surface area contributed by atoms with Crippen LogP contribution in [0.25, 0.3) is 0 Å². The van der Waals surface area contributed by atoms with Crippen LogP contribution in [-0.2, 0) is 11.2 Å². The lowest BCUT2D eigenvalue weighted by atomic mass is 9.88. The summed E-state index contributed by atoms with van der Waals surface area (Å²) < 4.78 is 0. The molecule has 4 nitrogen and oxygen atoms in total. The van der Waals surface area contributed by atoms with Gasteiger partial charge in [0, 0.05) is 24.3 Å². The molecule has 1 aliphatic heterocycles. The molecule has 2 aromatic carbocycles. The van der Waals surface area contributed by atoms with Crippen molar-refractivity contribution in [1.82, 2.24) is 5.32 Å². The van der Waals surface area contributed by atoms with E-state index in [1.54, 1.807) is 0 Å². The maximum absolute atomic E-state index is 11.8. The Hall–Kier alpha value is -2.40. The summed E-state index contributed by atoms with van der Waals surface area (Å²) in [5.74, 6) is 0.207. The zero-order chi connectivity index (χ0) is 17.9. The molecule has 1 aliphatic carbocycles. The van der Waals surface area contributed by atoms with Crippen molar-refractivity contribution in [2.24, 2.45) is 0 Å². The minimum absolute atomic E-state index is 0.207.